The van der Waals surface area contributed by atoms with E-state index in [-0.39, 0.29) is 5.41 Å². The van der Waals surface area contributed by atoms with Crippen LogP contribution in [0.5, 0.6) is 0 Å². The summed E-state index contributed by atoms with van der Waals surface area (Å²) in [7, 11) is 0. The molecule has 0 spiro atoms. The molecule has 9 aromatic rings. The van der Waals surface area contributed by atoms with Crippen molar-refractivity contribution in [1.82, 2.24) is 0 Å². The van der Waals surface area contributed by atoms with Crippen molar-refractivity contribution in [2.24, 2.45) is 0 Å². The van der Waals surface area contributed by atoms with Gasteiger partial charge in [0.1, 0.15) is 0 Å². The Kier molecular flexibility index (Phi) is 9.15. The van der Waals surface area contributed by atoms with Crippen LogP contribution in [0.25, 0.3) is 33.4 Å². The third-order valence-corrected chi connectivity index (χ3v) is 12.5. The average Bonchev–Trinajstić information content (AvgIpc) is 3.54. The molecule has 0 N–H and O–H groups in total. The van der Waals surface area contributed by atoms with E-state index >= 15 is 0 Å². The summed E-state index contributed by atoms with van der Waals surface area (Å²) in [5, 5.41) is 0. The number of rotatable bonds is 9. The van der Waals surface area contributed by atoms with Crippen molar-refractivity contribution in [2.45, 2.75) is 24.7 Å². The molecule has 1 heteroatoms. The van der Waals surface area contributed by atoms with Crippen LogP contribution < -0.4 is 4.90 Å². The van der Waals surface area contributed by atoms with Crippen molar-refractivity contribution in [2.75, 3.05) is 4.90 Å². The summed E-state index contributed by atoms with van der Waals surface area (Å²) in [6.07, 6.45) is 0. The zero-order valence-corrected chi connectivity index (χ0v) is 33.5. The van der Waals surface area contributed by atoms with Gasteiger partial charge in [0.05, 0.1) is 5.41 Å². The Labute approximate surface area is 348 Å². The highest BCUT2D eigenvalue weighted by Gasteiger charge is 2.41. The van der Waals surface area contributed by atoms with Gasteiger partial charge in [-0.3, -0.25) is 0 Å². The standard InChI is InChI=1S/C58H45N/c1-57(2)55-26-16-15-25-53(55)54-41-49(33-40-56(54)57)58(46-21-11-5-12-22-46,47-23-13-6-14-24-47)48-31-38-52(39-32-48)59(50-34-27-44(28-35-50)42-17-7-3-8-18-42)51-36-29-45(30-37-51)43-19-9-4-10-20-43/h3-41H,1-2H3. The molecule has 9 aromatic carbocycles. The van der Waals surface area contributed by atoms with Crippen LogP contribution in [0.3, 0.4) is 0 Å². The fraction of sp³-hybridized carbons (Fsp3) is 0.0690. The highest BCUT2D eigenvalue weighted by atomic mass is 15.1. The third-order valence-electron chi connectivity index (χ3n) is 12.5. The first-order chi connectivity index (χ1) is 29.0. The monoisotopic (exact) mass is 755 g/mol. The maximum absolute atomic E-state index is 2.48. The van der Waals surface area contributed by atoms with E-state index in [9.17, 15) is 0 Å². The van der Waals surface area contributed by atoms with E-state index in [2.05, 4.69) is 255 Å². The summed E-state index contributed by atoms with van der Waals surface area (Å²) < 4.78 is 0. The lowest BCUT2D eigenvalue weighted by atomic mass is 9.64. The van der Waals surface area contributed by atoms with Gasteiger partial charge in [0.2, 0.25) is 0 Å². The minimum absolute atomic E-state index is 0.0731. The molecule has 0 aromatic heterocycles. The summed E-state index contributed by atoms with van der Waals surface area (Å²) in [5.41, 5.74) is 17.8. The predicted molar refractivity (Wildman–Crippen MR) is 248 cm³/mol. The second-order valence-electron chi connectivity index (χ2n) is 16.1. The molecule has 0 atom stereocenters. The molecule has 0 bridgehead atoms. The molecule has 1 aliphatic rings. The van der Waals surface area contributed by atoms with Gasteiger partial charge in [0.15, 0.2) is 0 Å². The van der Waals surface area contributed by atoms with Crippen LogP contribution in [-0.4, -0.2) is 0 Å². The van der Waals surface area contributed by atoms with Crippen LogP contribution in [-0.2, 0) is 10.8 Å². The Morgan fingerprint density at radius 2 is 0.661 bits per heavy atom. The molecule has 0 unspecified atom stereocenters. The zero-order chi connectivity index (χ0) is 39.8. The van der Waals surface area contributed by atoms with Crippen molar-refractivity contribution in [3.8, 4) is 33.4 Å². The first-order valence-corrected chi connectivity index (χ1v) is 20.6. The molecule has 59 heavy (non-hydrogen) atoms. The lowest BCUT2D eigenvalue weighted by Gasteiger charge is -2.38. The van der Waals surface area contributed by atoms with Gasteiger partial charge in [-0.2, -0.15) is 0 Å². The van der Waals surface area contributed by atoms with Crippen molar-refractivity contribution in [1.29, 1.82) is 0 Å². The van der Waals surface area contributed by atoms with Gasteiger partial charge in [-0.25, -0.2) is 0 Å². The fourth-order valence-corrected chi connectivity index (χ4v) is 9.50. The van der Waals surface area contributed by atoms with Crippen LogP contribution >= 0.6 is 0 Å². The summed E-state index contributed by atoms with van der Waals surface area (Å²) >= 11 is 0. The second-order valence-corrected chi connectivity index (χ2v) is 16.1. The maximum Gasteiger partial charge on any atom is 0.0701 e. The van der Waals surface area contributed by atoms with Gasteiger partial charge >= 0.3 is 0 Å². The van der Waals surface area contributed by atoms with E-state index in [1.807, 2.05) is 0 Å². The van der Waals surface area contributed by atoms with Crippen LogP contribution in [0.15, 0.2) is 237 Å². The molecule has 0 saturated carbocycles. The summed E-state index contributed by atoms with van der Waals surface area (Å²) in [4.78, 5) is 2.37. The molecule has 1 aliphatic carbocycles. The Morgan fingerprint density at radius 3 is 1.15 bits per heavy atom. The summed E-state index contributed by atoms with van der Waals surface area (Å²) in [6.45, 7) is 4.71. The van der Waals surface area contributed by atoms with Gasteiger partial charge in [0, 0.05) is 22.5 Å². The molecule has 0 heterocycles. The predicted octanol–water partition coefficient (Wildman–Crippen LogP) is 15.2. The Hall–Kier alpha value is -7.22. The van der Waals surface area contributed by atoms with Crippen molar-refractivity contribution in [3.05, 3.63) is 270 Å². The molecule has 282 valence electrons. The third kappa shape index (κ3) is 6.27. The van der Waals surface area contributed by atoms with Crippen LogP contribution in [0.1, 0.15) is 47.2 Å². The largest absolute Gasteiger partial charge is 0.311 e. The molecule has 0 amide bonds. The number of benzene rings is 9. The number of anilines is 3. The number of hydrogen-bond acceptors (Lipinski definition) is 1. The van der Waals surface area contributed by atoms with Gasteiger partial charge < -0.3 is 4.90 Å². The van der Waals surface area contributed by atoms with E-state index in [4.69, 9.17) is 0 Å². The average molecular weight is 756 g/mol. The molecular formula is C58H45N. The van der Waals surface area contributed by atoms with E-state index in [1.54, 1.807) is 0 Å². The highest BCUT2D eigenvalue weighted by molar-refractivity contribution is 5.83. The normalized spacial score (nSPS) is 12.7. The number of hydrogen-bond donors (Lipinski definition) is 0. The van der Waals surface area contributed by atoms with Crippen molar-refractivity contribution < 1.29 is 0 Å². The number of fused-ring (bicyclic) bond motifs is 3. The Bertz CT molecular complexity index is 2720. The molecule has 0 fully saturated rings. The van der Waals surface area contributed by atoms with E-state index in [0.29, 0.717) is 0 Å². The van der Waals surface area contributed by atoms with Crippen LogP contribution in [0.2, 0.25) is 0 Å². The molecule has 0 radical (unpaired) electrons. The maximum atomic E-state index is 2.48. The van der Waals surface area contributed by atoms with Crippen LogP contribution in [0.4, 0.5) is 17.1 Å². The minimum Gasteiger partial charge on any atom is -0.311 e. The van der Waals surface area contributed by atoms with E-state index in [1.165, 1.54) is 66.8 Å². The minimum atomic E-state index is -0.586. The SMILES string of the molecule is CC1(C)c2ccccc2-c2cc(C(c3ccccc3)(c3ccccc3)c3ccc(N(c4ccc(-c5ccccc5)cc4)c4ccc(-c5ccccc5)cc4)cc3)ccc21. The number of nitrogens with zero attached hydrogens (tertiary/aromatic N) is 1. The molecule has 10 rings (SSSR count). The summed E-state index contributed by atoms with van der Waals surface area (Å²) in [6, 6.07) is 86.7. The molecule has 1 nitrogen and oxygen atoms in total. The Morgan fingerprint density at radius 1 is 0.305 bits per heavy atom. The second kappa shape index (κ2) is 14.9. The highest BCUT2D eigenvalue weighted by Crippen LogP contribution is 2.52. The molecular weight excluding hydrogens is 711 g/mol. The topological polar surface area (TPSA) is 3.24 Å². The fourth-order valence-electron chi connectivity index (χ4n) is 9.50. The van der Waals surface area contributed by atoms with Gasteiger partial charge in [0.25, 0.3) is 0 Å². The van der Waals surface area contributed by atoms with Crippen molar-refractivity contribution in [3.63, 3.8) is 0 Å². The lowest BCUT2D eigenvalue weighted by molar-refractivity contribution is 0.659. The van der Waals surface area contributed by atoms with Gasteiger partial charge in [-0.1, -0.05) is 208 Å². The van der Waals surface area contributed by atoms with Crippen LogP contribution in [0, 0.1) is 0 Å². The van der Waals surface area contributed by atoms with Crippen molar-refractivity contribution >= 4 is 17.1 Å². The first-order valence-electron chi connectivity index (χ1n) is 20.6. The van der Waals surface area contributed by atoms with E-state index in [0.717, 1.165) is 17.1 Å². The molecule has 0 aliphatic heterocycles. The molecule has 0 saturated heterocycles. The quantitative estimate of drug-likeness (QED) is 0.133. The van der Waals surface area contributed by atoms with Gasteiger partial charge in [-0.05, 0) is 109 Å². The lowest BCUT2D eigenvalue weighted by Crippen LogP contribution is -2.31. The summed E-state index contributed by atoms with van der Waals surface area (Å²) in [5.74, 6) is 0. The van der Waals surface area contributed by atoms with Gasteiger partial charge in [-0.15, -0.1) is 0 Å². The first kappa shape index (κ1) is 36.1. The van der Waals surface area contributed by atoms with E-state index < -0.39 is 5.41 Å². The zero-order valence-electron chi connectivity index (χ0n) is 33.5. The Balaban J connectivity index is 1.14. The smallest absolute Gasteiger partial charge is 0.0701 e.